The minimum atomic E-state index is -0.281. The number of imidazole rings is 1. The summed E-state index contributed by atoms with van der Waals surface area (Å²) >= 11 is 6.08. The van der Waals surface area contributed by atoms with Crippen LogP contribution in [0.25, 0.3) is 22.4 Å². The Kier molecular flexibility index (Phi) is 6.82. The lowest BCUT2D eigenvalue weighted by Gasteiger charge is -2.10. The number of nitrogens with one attached hydrogen (secondary N) is 4. The van der Waals surface area contributed by atoms with E-state index in [4.69, 9.17) is 11.6 Å². The Balaban J connectivity index is 1.39. The quantitative estimate of drug-likeness (QED) is 0.238. The highest BCUT2D eigenvalue weighted by Crippen LogP contribution is 2.26. The summed E-state index contributed by atoms with van der Waals surface area (Å²) in [6.45, 7) is 1.01. The fraction of sp³-hybridized carbons (Fsp3) is 0.107. The molecule has 0 saturated carbocycles. The number of aromatic nitrogens is 3. The average molecular weight is 498 g/mol. The summed E-state index contributed by atoms with van der Waals surface area (Å²) in [7, 11) is 0. The van der Waals surface area contributed by atoms with E-state index in [1.165, 1.54) is 0 Å². The fourth-order valence-electron chi connectivity index (χ4n) is 4.10. The predicted octanol–water partition coefficient (Wildman–Crippen LogP) is 5.16. The average Bonchev–Trinajstić information content (AvgIpc) is 3.32. The molecule has 0 aliphatic rings. The van der Waals surface area contributed by atoms with Gasteiger partial charge in [-0.25, -0.2) is 4.98 Å². The third-order valence-corrected chi connectivity index (χ3v) is 6.10. The molecule has 8 heteroatoms. The number of carbonyl (C=O) groups excluding carboxylic acids is 1. The van der Waals surface area contributed by atoms with Crippen molar-refractivity contribution >= 4 is 34.2 Å². The maximum atomic E-state index is 13.0. The molecule has 4 N–H and O–H groups in total. The lowest BCUT2D eigenvalue weighted by Crippen LogP contribution is -2.23. The van der Waals surface area contributed by atoms with Gasteiger partial charge in [-0.2, -0.15) is 0 Å². The van der Waals surface area contributed by atoms with Crippen LogP contribution in [0.2, 0.25) is 5.02 Å². The van der Waals surface area contributed by atoms with E-state index in [1.54, 1.807) is 24.4 Å². The molecular weight excluding hydrogens is 474 g/mol. The third-order valence-electron chi connectivity index (χ3n) is 5.87. The van der Waals surface area contributed by atoms with Crippen molar-refractivity contribution in [1.82, 2.24) is 20.3 Å². The van der Waals surface area contributed by atoms with Gasteiger partial charge in [-0.15, -0.1) is 0 Å². The Bertz CT molecular complexity index is 1580. The Hall–Kier alpha value is -4.36. The van der Waals surface area contributed by atoms with Crippen LogP contribution in [0.3, 0.4) is 0 Å². The first-order chi connectivity index (χ1) is 17.6. The van der Waals surface area contributed by atoms with Gasteiger partial charge in [0.25, 0.3) is 11.5 Å². The van der Waals surface area contributed by atoms with E-state index < -0.39 is 0 Å². The SMILES string of the molecule is O=C(NCc1ccccc1)c1cccc2[nH]c(-c3c(NCCc4cccc(Cl)c4)cc[nH]c3=O)nc12. The van der Waals surface area contributed by atoms with E-state index in [2.05, 4.69) is 25.6 Å². The Morgan fingerprint density at radius 1 is 0.944 bits per heavy atom. The van der Waals surface area contributed by atoms with Gasteiger partial charge in [0.2, 0.25) is 0 Å². The zero-order valence-electron chi connectivity index (χ0n) is 19.3. The van der Waals surface area contributed by atoms with E-state index in [-0.39, 0.29) is 11.5 Å². The number of rotatable bonds is 8. The molecule has 5 aromatic rings. The van der Waals surface area contributed by atoms with Crippen molar-refractivity contribution in [2.24, 2.45) is 0 Å². The number of hydrogen-bond acceptors (Lipinski definition) is 4. The van der Waals surface area contributed by atoms with Crippen molar-refractivity contribution in [3.8, 4) is 11.4 Å². The zero-order chi connectivity index (χ0) is 24.9. The number of hydrogen-bond donors (Lipinski definition) is 4. The molecule has 2 aromatic heterocycles. The number of fused-ring (bicyclic) bond motifs is 1. The molecule has 7 nitrogen and oxygen atoms in total. The first-order valence-corrected chi connectivity index (χ1v) is 12.0. The standard InChI is InChI=1S/C28H24ClN5O2/c29-20-9-4-8-18(16-20)12-14-30-22-13-15-31-28(36)24(22)26-33-23-11-5-10-21(25(23)34-26)27(35)32-17-19-6-2-1-3-7-19/h1-11,13,15-16H,12,14,17H2,(H,32,35)(H,33,34)(H2,30,31,36). The van der Waals surface area contributed by atoms with E-state index >= 15 is 0 Å². The highest BCUT2D eigenvalue weighted by molar-refractivity contribution is 6.30. The summed E-state index contributed by atoms with van der Waals surface area (Å²) in [5.41, 5.74) is 4.47. The topological polar surface area (TPSA) is 103 Å². The highest BCUT2D eigenvalue weighted by atomic mass is 35.5. The molecule has 2 heterocycles. The number of amides is 1. The molecule has 0 aliphatic carbocycles. The minimum Gasteiger partial charge on any atom is -0.384 e. The molecule has 0 aliphatic heterocycles. The smallest absolute Gasteiger partial charge is 0.261 e. The van der Waals surface area contributed by atoms with Crippen molar-refractivity contribution < 1.29 is 4.79 Å². The molecule has 0 unspecified atom stereocenters. The van der Waals surface area contributed by atoms with E-state index in [0.717, 1.165) is 17.5 Å². The normalized spacial score (nSPS) is 10.9. The van der Waals surface area contributed by atoms with Crippen LogP contribution in [0.15, 0.2) is 89.9 Å². The number of pyridine rings is 1. The first kappa shape index (κ1) is 23.4. The van der Waals surface area contributed by atoms with Crippen molar-refractivity contribution in [2.45, 2.75) is 13.0 Å². The Labute approximate surface area is 212 Å². The van der Waals surface area contributed by atoms with Crippen molar-refractivity contribution in [2.75, 3.05) is 11.9 Å². The van der Waals surface area contributed by atoms with Crippen LogP contribution in [0.4, 0.5) is 5.69 Å². The molecule has 180 valence electrons. The maximum Gasteiger partial charge on any atom is 0.261 e. The maximum absolute atomic E-state index is 13.0. The monoisotopic (exact) mass is 497 g/mol. The molecule has 3 aromatic carbocycles. The predicted molar refractivity (Wildman–Crippen MR) is 143 cm³/mol. The minimum absolute atomic E-state index is 0.232. The number of halogens is 1. The fourth-order valence-corrected chi connectivity index (χ4v) is 4.31. The van der Waals surface area contributed by atoms with E-state index in [9.17, 15) is 9.59 Å². The molecule has 0 radical (unpaired) electrons. The second-order valence-electron chi connectivity index (χ2n) is 8.36. The second kappa shape index (κ2) is 10.5. The summed E-state index contributed by atoms with van der Waals surface area (Å²) < 4.78 is 0. The van der Waals surface area contributed by atoms with Crippen molar-refractivity contribution in [3.63, 3.8) is 0 Å². The van der Waals surface area contributed by atoms with Gasteiger partial charge in [0.05, 0.1) is 16.8 Å². The van der Waals surface area contributed by atoms with Crippen LogP contribution < -0.4 is 16.2 Å². The summed E-state index contributed by atoms with van der Waals surface area (Å²) in [5, 5.41) is 6.97. The second-order valence-corrected chi connectivity index (χ2v) is 8.79. The number of H-pyrrole nitrogens is 2. The van der Waals surface area contributed by atoms with Gasteiger partial charge in [-0.05, 0) is 47.9 Å². The van der Waals surface area contributed by atoms with Gasteiger partial charge in [0.15, 0.2) is 0 Å². The van der Waals surface area contributed by atoms with Crippen LogP contribution in [0.5, 0.6) is 0 Å². The first-order valence-electron chi connectivity index (χ1n) is 11.6. The number of anilines is 1. The van der Waals surface area contributed by atoms with Gasteiger partial charge in [0.1, 0.15) is 16.9 Å². The van der Waals surface area contributed by atoms with Gasteiger partial charge >= 0.3 is 0 Å². The number of aromatic amines is 2. The molecular formula is C28H24ClN5O2. The van der Waals surface area contributed by atoms with E-state index in [1.807, 2.05) is 60.7 Å². The van der Waals surface area contributed by atoms with Crippen LogP contribution in [0, 0.1) is 0 Å². The number of carbonyl (C=O) groups is 1. The lowest BCUT2D eigenvalue weighted by molar-refractivity contribution is 0.0952. The summed E-state index contributed by atoms with van der Waals surface area (Å²) in [4.78, 5) is 36.4. The molecule has 0 atom stereocenters. The molecule has 0 saturated heterocycles. The molecule has 5 rings (SSSR count). The van der Waals surface area contributed by atoms with Gasteiger partial charge in [0, 0.05) is 24.3 Å². The van der Waals surface area contributed by atoms with Crippen LogP contribution in [-0.2, 0) is 13.0 Å². The van der Waals surface area contributed by atoms with E-state index in [0.29, 0.717) is 51.8 Å². The summed E-state index contributed by atoms with van der Waals surface area (Å²) in [6, 6.07) is 24.5. The Morgan fingerprint density at radius 2 is 1.75 bits per heavy atom. The Morgan fingerprint density at radius 3 is 2.58 bits per heavy atom. The third kappa shape index (κ3) is 5.16. The van der Waals surface area contributed by atoms with Crippen molar-refractivity contribution in [3.05, 3.63) is 117 Å². The van der Waals surface area contributed by atoms with Crippen LogP contribution >= 0.6 is 11.6 Å². The highest BCUT2D eigenvalue weighted by Gasteiger charge is 2.18. The lowest BCUT2D eigenvalue weighted by atomic mass is 10.1. The van der Waals surface area contributed by atoms with Gasteiger partial charge in [-0.3, -0.25) is 9.59 Å². The molecule has 0 bridgehead atoms. The molecule has 36 heavy (non-hydrogen) atoms. The number of benzene rings is 3. The number of nitrogens with zero attached hydrogens (tertiary/aromatic N) is 1. The largest absolute Gasteiger partial charge is 0.384 e. The summed E-state index contributed by atoms with van der Waals surface area (Å²) in [5.74, 6) is 0.157. The molecule has 0 fully saturated rings. The zero-order valence-corrected chi connectivity index (χ0v) is 20.1. The molecule has 1 amide bonds. The summed E-state index contributed by atoms with van der Waals surface area (Å²) in [6.07, 6.45) is 2.33. The van der Waals surface area contributed by atoms with Crippen LogP contribution in [-0.4, -0.2) is 27.4 Å². The van der Waals surface area contributed by atoms with Crippen molar-refractivity contribution in [1.29, 1.82) is 0 Å². The molecule has 0 spiro atoms. The van der Waals surface area contributed by atoms with Gasteiger partial charge in [-0.1, -0.05) is 60.1 Å². The van der Waals surface area contributed by atoms with Crippen LogP contribution in [0.1, 0.15) is 21.5 Å². The van der Waals surface area contributed by atoms with Gasteiger partial charge < -0.3 is 20.6 Å². The number of para-hydroxylation sites is 1.